The molecule has 5 rings (SSSR count). The third kappa shape index (κ3) is 5.59. The molecule has 194 valence electrons. The van der Waals surface area contributed by atoms with E-state index in [0.717, 1.165) is 55.0 Å². The summed E-state index contributed by atoms with van der Waals surface area (Å²) < 4.78 is 31.0. The number of carbonyl (C=O) groups excluding carboxylic acids is 2. The van der Waals surface area contributed by atoms with Gasteiger partial charge in [0.1, 0.15) is 6.29 Å². The van der Waals surface area contributed by atoms with Gasteiger partial charge in [-0.3, -0.25) is 13.7 Å². The molecule has 11 heteroatoms. The van der Waals surface area contributed by atoms with Crippen molar-refractivity contribution in [2.45, 2.75) is 25.3 Å². The Bertz CT molecular complexity index is 1450. The number of hydrogen-bond donors (Lipinski definition) is 1. The Morgan fingerprint density at radius 3 is 2.73 bits per heavy atom. The largest absolute Gasteiger partial charge is 0.378 e. The fraction of sp³-hybridized carbons (Fsp3) is 0.346. The van der Waals surface area contributed by atoms with E-state index in [2.05, 4.69) is 27.3 Å². The van der Waals surface area contributed by atoms with Gasteiger partial charge in [0.25, 0.3) is 0 Å². The van der Waals surface area contributed by atoms with E-state index in [1.165, 1.54) is 27.1 Å². The molecule has 2 aromatic heterocycles. The molecule has 0 radical (unpaired) electrons. The standard InChI is InChI=1S/C26H28N4O5S2/c1-37(33,34)30-12-9-19(14-30)25-21(18-7-10-29(11-8-18)20-15-35-16-20)4-2-5-22(25)23-17-36-26(27-23)28-24(32)6-3-13-31/h2,4-5,7,9,12-14,17,20H,3,6,8,10-11,15-16H2,1H3,(H,27,28,32). The summed E-state index contributed by atoms with van der Waals surface area (Å²) in [6, 6.07) is 8.29. The minimum Gasteiger partial charge on any atom is -0.378 e. The second-order valence-corrected chi connectivity index (χ2v) is 11.9. The Labute approximate surface area is 219 Å². The van der Waals surface area contributed by atoms with Gasteiger partial charge in [-0.2, -0.15) is 0 Å². The molecular formula is C26H28N4O5S2. The molecule has 3 aromatic rings. The molecule has 0 bridgehead atoms. The van der Waals surface area contributed by atoms with Crippen molar-refractivity contribution in [3.63, 3.8) is 0 Å². The fourth-order valence-electron chi connectivity index (χ4n) is 4.60. The van der Waals surface area contributed by atoms with Crippen molar-refractivity contribution in [3.05, 3.63) is 53.7 Å². The Balaban J connectivity index is 1.53. The van der Waals surface area contributed by atoms with Crippen molar-refractivity contribution >= 4 is 44.3 Å². The maximum absolute atomic E-state index is 12.2. The topological polar surface area (TPSA) is 111 Å². The number of nitrogens with one attached hydrogen (secondary N) is 1. The number of rotatable bonds is 9. The van der Waals surface area contributed by atoms with E-state index in [0.29, 0.717) is 23.2 Å². The number of nitrogens with zero attached hydrogens (tertiary/aromatic N) is 3. The van der Waals surface area contributed by atoms with Crippen molar-refractivity contribution in [3.8, 4) is 22.4 Å². The molecule has 2 aliphatic rings. The number of benzene rings is 1. The van der Waals surface area contributed by atoms with Crippen LogP contribution in [0.15, 0.2) is 48.1 Å². The lowest BCUT2D eigenvalue weighted by Gasteiger charge is -2.39. The van der Waals surface area contributed by atoms with E-state index < -0.39 is 10.0 Å². The van der Waals surface area contributed by atoms with Gasteiger partial charge in [-0.25, -0.2) is 13.4 Å². The van der Waals surface area contributed by atoms with Gasteiger partial charge in [-0.15, -0.1) is 11.3 Å². The number of aromatic nitrogens is 2. The molecule has 2 aliphatic heterocycles. The van der Waals surface area contributed by atoms with Gasteiger partial charge in [0.2, 0.25) is 15.9 Å². The van der Waals surface area contributed by atoms with Crippen LogP contribution in [0.4, 0.5) is 5.13 Å². The van der Waals surface area contributed by atoms with Crippen LogP contribution in [-0.2, 0) is 24.3 Å². The van der Waals surface area contributed by atoms with Crippen LogP contribution < -0.4 is 5.32 Å². The first-order valence-corrected chi connectivity index (χ1v) is 14.8. The molecule has 4 heterocycles. The molecule has 0 aliphatic carbocycles. The predicted molar refractivity (Wildman–Crippen MR) is 144 cm³/mol. The second-order valence-electron chi connectivity index (χ2n) is 9.18. The quantitative estimate of drug-likeness (QED) is 0.414. The molecule has 1 saturated heterocycles. The van der Waals surface area contributed by atoms with Crippen LogP contribution in [0.1, 0.15) is 24.8 Å². The Morgan fingerprint density at radius 2 is 2.08 bits per heavy atom. The predicted octanol–water partition coefficient (Wildman–Crippen LogP) is 3.49. The van der Waals surface area contributed by atoms with Crippen molar-refractivity contribution in [1.29, 1.82) is 0 Å². The van der Waals surface area contributed by atoms with Crippen molar-refractivity contribution in [2.24, 2.45) is 0 Å². The molecule has 1 N–H and O–H groups in total. The third-order valence-electron chi connectivity index (χ3n) is 6.64. The number of anilines is 1. The van der Waals surface area contributed by atoms with E-state index >= 15 is 0 Å². The summed E-state index contributed by atoms with van der Waals surface area (Å²) >= 11 is 1.31. The number of aldehydes is 1. The molecule has 1 fully saturated rings. The molecule has 0 unspecified atom stereocenters. The fourth-order valence-corrected chi connectivity index (χ4v) is 5.91. The van der Waals surface area contributed by atoms with Gasteiger partial charge < -0.3 is 14.8 Å². The van der Waals surface area contributed by atoms with Gasteiger partial charge in [-0.05, 0) is 23.6 Å². The first-order valence-electron chi connectivity index (χ1n) is 12.1. The molecule has 0 spiro atoms. The number of amides is 1. The number of hydrogen-bond acceptors (Lipinski definition) is 8. The number of carbonyl (C=O) groups is 2. The molecule has 1 amide bonds. The lowest BCUT2D eigenvalue weighted by atomic mass is 9.88. The average molecular weight is 541 g/mol. The molecule has 9 nitrogen and oxygen atoms in total. The van der Waals surface area contributed by atoms with Crippen LogP contribution in [0.25, 0.3) is 28.0 Å². The Hall–Kier alpha value is -3.12. The number of thiazole rings is 1. The summed E-state index contributed by atoms with van der Waals surface area (Å²) in [7, 11) is -3.44. The molecule has 0 saturated carbocycles. The summed E-state index contributed by atoms with van der Waals surface area (Å²) in [5.74, 6) is -0.263. The Kier molecular flexibility index (Phi) is 7.38. The summed E-state index contributed by atoms with van der Waals surface area (Å²) in [5.41, 5.74) is 5.46. The van der Waals surface area contributed by atoms with Crippen LogP contribution >= 0.6 is 11.3 Å². The van der Waals surface area contributed by atoms with Crippen molar-refractivity contribution in [2.75, 3.05) is 37.9 Å². The zero-order valence-electron chi connectivity index (χ0n) is 20.4. The zero-order valence-corrected chi connectivity index (χ0v) is 22.1. The van der Waals surface area contributed by atoms with E-state index in [1.807, 2.05) is 17.5 Å². The van der Waals surface area contributed by atoms with Crippen molar-refractivity contribution in [1.82, 2.24) is 13.9 Å². The molecular weight excluding hydrogens is 512 g/mol. The first-order chi connectivity index (χ1) is 17.8. The van der Waals surface area contributed by atoms with Gasteiger partial charge in [-0.1, -0.05) is 24.3 Å². The SMILES string of the molecule is CS(=O)(=O)n1ccc(-c2c(C3=CCN(C4COC4)CC3)cccc2-c2csc(NC(=O)CCC=O)n2)c1. The minimum atomic E-state index is -3.44. The summed E-state index contributed by atoms with van der Waals surface area (Å²) in [6.45, 7) is 3.33. The van der Waals surface area contributed by atoms with E-state index in [-0.39, 0.29) is 18.7 Å². The normalized spacial score (nSPS) is 16.7. The monoisotopic (exact) mass is 540 g/mol. The van der Waals surface area contributed by atoms with E-state index in [9.17, 15) is 18.0 Å². The second kappa shape index (κ2) is 10.7. The highest BCUT2D eigenvalue weighted by molar-refractivity contribution is 7.89. The minimum absolute atomic E-state index is 0.107. The van der Waals surface area contributed by atoms with Crippen LogP contribution in [0, 0.1) is 0 Å². The van der Waals surface area contributed by atoms with E-state index in [1.54, 1.807) is 18.5 Å². The van der Waals surface area contributed by atoms with Crippen LogP contribution in [0.5, 0.6) is 0 Å². The first kappa shape index (κ1) is 25.5. The van der Waals surface area contributed by atoms with Gasteiger partial charge in [0, 0.05) is 60.4 Å². The zero-order chi connectivity index (χ0) is 26.0. The molecule has 0 atom stereocenters. The highest BCUT2D eigenvalue weighted by Crippen LogP contribution is 2.40. The van der Waals surface area contributed by atoms with Gasteiger partial charge in [0.05, 0.1) is 31.2 Å². The van der Waals surface area contributed by atoms with E-state index in [4.69, 9.17) is 4.74 Å². The maximum atomic E-state index is 12.2. The maximum Gasteiger partial charge on any atom is 0.235 e. The van der Waals surface area contributed by atoms with Crippen molar-refractivity contribution < 1.29 is 22.7 Å². The third-order valence-corrected chi connectivity index (χ3v) is 8.39. The number of ether oxygens (including phenoxy) is 1. The lowest BCUT2D eigenvalue weighted by molar-refractivity contribution is -0.118. The molecule has 1 aromatic carbocycles. The smallest absolute Gasteiger partial charge is 0.235 e. The van der Waals surface area contributed by atoms with Crippen LogP contribution in [-0.4, -0.2) is 73.1 Å². The van der Waals surface area contributed by atoms with Crippen LogP contribution in [0.2, 0.25) is 0 Å². The average Bonchev–Trinajstić information content (AvgIpc) is 3.52. The van der Waals surface area contributed by atoms with Gasteiger partial charge >= 0.3 is 0 Å². The van der Waals surface area contributed by atoms with Crippen LogP contribution in [0.3, 0.4) is 0 Å². The molecule has 37 heavy (non-hydrogen) atoms. The van der Waals surface area contributed by atoms with Gasteiger partial charge in [0.15, 0.2) is 5.13 Å². The lowest BCUT2D eigenvalue weighted by Crippen LogP contribution is -2.50. The highest BCUT2D eigenvalue weighted by Gasteiger charge is 2.28. The Morgan fingerprint density at radius 1 is 1.27 bits per heavy atom. The summed E-state index contributed by atoms with van der Waals surface area (Å²) in [5, 5.41) is 5.08. The highest BCUT2D eigenvalue weighted by atomic mass is 32.2. The summed E-state index contributed by atoms with van der Waals surface area (Å²) in [6.07, 6.45) is 8.46. The summed E-state index contributed by atoms with van der Waals surface area (Å²) in [4.78, 5) is 29.7.